The van der Waals surface area contributed by atoms with Crippen LogP contribution in [0.25, 0.3) is 0 Å². The molecule has 0 bridgehead atoms. The zero-order chi connectivity index (χ0) is 17.9. The number of likely N-dealkylation sites (tertiary alicyclic amines) is 1. The van der Waals surface area contributed by atoms with Gasteiger partial charge in [-0.3, -0.25) is 0 Å². The zero-order valence-electron chi connectivity index (χ0n) is 14.1. The van der Waals surface area contributed by atoms with E-state index in [9.17, 15) is 9.59 Å². The van der Waals surface area contributed by atoms with E-state index >= 15 is 0 Å². The Bertz CT molecular complexity index is 626. The van der Waals surface area contributed by atoms with Gasteiger partial charge < -0.3 is 19.7 Å². The number of amides is 1. The molecule has 1 aromatic rings. The van der Waals surface area contributed by atoms with E-state index in [2.05, 4.69) is 20.3 Å². The van der Waals surface area contributed by atoms with Crippen LogP contribution >= 0.6 is 11.6 Å². The summed E-state index contributed by atoms with van der Waals surface area (Å²) in [6, 6.07) is 1.52. The Kier molecular flexibility index (Phi) is 5.48. The quantitative estimate of drug-likeness (QED) is 0.826. The number of rotatable bonds is 4. The highest BCUT2D eigenvalue weighted by Crippen LogP contribution is 2.22. The monoisotopic (exact) mass is 356 g/mol. The van der Waals surface area contributed by atoms with Gasteiger partial charge in [0, 0.05) is 31.6 Å². The Morgan fingerprint density at radius 3 is 2.62 bits per heavy atom. The molecule has 0 spiro atoms. The van der Waals surface area contributed by atoms with Crippen LogP contribution in [0.1, 0.15) is 31.3 Å². The molecule has 9 heteroatoms. The summed E-state index contributed by atoms with van der Waals surface area (Å²) in [6.07, 6.45) is -0.317. The predicted molar refractivity (Wildman–Crippen MR) is 88.2 cm³/mol. The highest BCUT2D eigenvalue weighted by atomic mass is 35.5. The number of esters is 1. The Balaban J connectivity index is 1.87. The number of halogens is 1. The molecule has 1 N–H and O–H groups in total. The predicted octanol–water partition coefficient (Wildman–Crippen LogP) is 2.20. The van der Waals surface area contributed by atoms with E-state index in [1.165, 1.54) is 13.2 Å². The number of nitrogens with zero attached hydrogens (tertiary/aromatic N) is 3. The summed E-state index contributed by atoms with van der Waals surface area (Å²) in [5, 5.41) is 10.7. The van der Waals surface area contributed by atoms with E-state index in [1.807, 2.05) is 20.8 Å². The topological polar surface area (TPSA) is 93.6 Å². The van der Waals surface area contributed by atoms with Crippen molar-refractivity contribution in [1.29, 1.82) is 0 Å². The van der Waals surface area contributed by atoms with Crippen LogP contribution in [0.2, 0.25) is 5.15 Å². The first-order valence-corrected chi connectivity index (χ1v) is 7.90. The van der Waals surface area contributed by atoms with E-state index in [4.69, 9.17) is 16.3 Å². The number of nitrogens with one attached hydrogen (secondary N) is 1. The van der Waals surface area contributed by atoms with Crippen molar-refractivity contribution in [3.63, 3.8) is 0 Å². The largest absolute Gasteiger partial charge is 0.464 e. The van der Waals surface area contributed by atoms with Crippen molar-refractivity contribution in [2.75, 3.05) is 32.1 Å². The Morgan fingerprint density at radius 1 is 1.38 bits per heavy atom. The smallest absolute Gasteiger partial charge is 0.410 e. The number of anilines is 1. The van der Waals surface area contributed by atoms with Crippen molar-refractivity contribution in [2.45, 2.75) is 26.4 Å². The van der Waals surface area contributed by atoms with Crippen LogP contribution in [0.5, 0.6) is 0 Å². The fraction of sp³-hybridized carbons (Fsp3) is 0.600. The van der Waals surface area contributed by atoms with Gasteiger partial charge in [0.2, 0.25) is 0 Å². The molecule has 1 saturated heterocycles. The van der Waals surface area contributed by atoms with Crippen molar-refractivity contribution in [3.8, 4) is 0 Å². The van der Waals surface area contributed by atoms with Crippen molar-refractivity contribution in [1.82, 2.24) is 15.1 Å². The van der Waals surface area contributed by atoms with Gasteiger partial charge in [-0.1, -0.05) is 11.6 Å². The highest BCUT2D eigenvalue weighted by molar-refractivity contribution is 6.29. The highest BCUT2D eigenvalue weighted by Gasteiger charge is 2.33. The van der Waals surface area contributed by atoms with Gasteiger partial charge in [-0.2, -0.15) is 0 Å². The van der Waals surface area contributed by atoms with Crippen LogP contribution in [0.4, 0.5) is 10.5 Å². The Morgan fingerprint density at radius 2 is 2.04 bits per heavy atom. The molecular formula is C15H21ClN4O4. The minimum absolute atomic E-state index is 0.0743. The first kappa shape index (κ1) is 18.3. The van der Waals surface area contributed by atoms with Gasteiger partial charge in [-0.25, -0.2) is 9.59 Å². The molecule has 132 valence electrons. The number of methoxy groups -OCH3 is 1. The van der Waals surface area contributed by atoms with Gasteiger partial charge in [-0.15, -0.1) is 10.2 Å². The molecule has 0 unspecified atom stereocenters. The maximum Gasteiger partial charge on any atom is 0.410 e. The number of carbonyl (C=O) groups is 2. The van der Waals surface area contributed by atoms with Crippen molar-refractivity contribution in [2.24, 2.45) is 5.92 Å². The molecule has 1 aromatic heterocycles. The van der Waals surface area contributed by atoms with Gasteiger partial charge in [0.05, 0.1) is 12.8 Å². The third-order valence-electron chi connectivity index (χ3n) is 3.33. The normalized spacial score (nSPS) is 14.8. The minimum atomic E-state index is -0.592. The SMILES string of the molecule is COC(=O)c1nnc(Cl)cc1NCC1CN(C(=O)OC(C)(C)C)C1. The second-order valence-corrected chi connectivity index (χ2v) is 6.94. The lowest BCUT2D eigenvalue weighted by molar-refractivity contribution is 0.000842. The summed E-state index contributed by atoms with van der Waals surface area (Å²) in [7, 11) is 1.27. The first-order chi connectivity index (χ1) is 11.2. The summed E-state index contributed by atoms with van der Waals surface area (Å²) in [6.45, 7) is 7.23. The van der Waals surface area contributed by atoms with Gasteiger partial charge in [0.1, 0.15) is 5.60 Å². The summed E-state index contributed by atoms with van der Waals surface area (Å²) in [5.41, 5.74) is 0.0257. The van der Waals surface area contributed by atoms with Crippen LogP contribution in [0.15, 0.2) is 6.07 Å². The lowest BCUT2D eigenvalue weighted by atomic mass is 10.0. The van der Waals surface area contributed by atoms with Crippen LogP contribution in [-0.4, -0.2) is 59.5 Å². The van der Waals surface area contributed by atoms with Crippen LogP contribution in [0, 0.1) is 5.92 Å². The maximum atomic E-state index is 11.9. The third-order valence-corrected chi connectivity index (χ3v) is 3.52. The average molecular weight is 357 g/mol. The van der Waals surface area contributed by atoms with E-state index < -0.39 is 11.6 Å². The molecule has 1 aliphatic rings. The van der Waals surface area contributed by atoms with Crippen LogP contribution in [0.3, 0.4) is 0 Å². The van der Waals surface area contributed by atoms with Gasteiger partial charge in [-0.05, 0) is 20.8 Å². The zero-order valence-corrected chi connectivity index (χ0v) is 14.9. The van der Waals surface area contributed by atoms with Gasteiger partial charge in [0.25, 0.3) is 0 Å². The molecule has 8 nitrogen and oxygen atoms in total. The number of aromatic nitrogens is 2. The Labute approximate surface area is 145 Å². The number of hydrogen-bond donors (Lipinski definition) is 1. The molecule has 1 amide bonds. The Hall–Kier alpha value is -2.09. The molecule has 0 aliphatic carbocycles. The van der Waals surface area contributed by atoms with Crippen LogP contribution < -0.4 is 5.32 Å². The summed E-state index contributed by atoms with van der Waals surface area (Å²) in [4.78, 5) is 25.2. The lowest BCUT2D eigenvalue weighted by Crippen LogP contribution is -2.53. The van der Waals surface area contributed by atoms with E-state index in [1.54, 1.807) is 4.90 Å². The summed E-state index contributed by atoms with van der Waals surface area (Å²) < 4.78 is 9.97. The minimum Gasteiger partial charge on any atom is -0.464 e. The van der Waals surface area contributed by atoms with E-state index in [-0.39, 0.29) is 22.9 Å². The second kappa shape index (κ2) is 7.21. The molecule has 0 atom stereocenters. The standard InChI is InChI=1S/C15H21ClN4O4/c1-15(2,3)24-14(22)20-7-9(8-20)6-17-10-5-11(16)18-19-12(10)13(21)23-4/h5,9H,6-8H2,1-4H3,(H,17,18). The van der Waals surface area contributed by atoms with Crippen LogP contribution in [-0.2, 0) is 9.47 Å². The maximum absolute atomic E-state index is 11.9. The first-order valence-electron chi connectivity index (χ1n) is 7.53. The van der Waals surface area contributed by atoms with Gasteiger partial charge in [0.15, 0.2) is 10.8 Å². The van der Waals surface area contributed by atoms with Crippen molar-refractivity contribution < 1.29 is 19.1 Å². The molecule has 24 heavy (non-hydrogen) atoms. The second-order valence-electron chi connectivity index (χ2n) is 6.55. The molecular weight excluding hydrogens is 336 g/mol. The molecule has 2 rings (SSSR count). The average Bonchev–Trinajstić information content (AvgIpc) is 2.43. The van der Waals surface area contributed by atoms with Crippen molar-refractivity contribution >= 4 is 29.4 Å². The molecule has 2 heterocycles. The number of ether oxygens (including phenoxy) is 2. The van der Waals surface area contributed by atoms with Crippen molar-refractivity contribution in [3.05, 3.63) is 16.9 Å². The van der Waals surface area contributed by atoms with E-state index in [0.717, 1.165) is 0 Å². The fourth-order valence-corrected chi connectivity index (χ4v) is 2.33. The van der Waals surface area contributed by atoms with E-state index in [0.29, 0.717) is 25.3 Å². The summed E-state index contributed by atoms with van der Waals surface area (Å²) >= 11 is 5.82. The third kappa shape index (κ3) is 4.70. The fourth-order valence-electron chi connectivity index (χ4n) is 2.18. The number of hydrogen-bond acceptors (Lipinski definition) is 7. The molecule has 0 radical (unpaired) electrons. The molecule has 1 aliphatic heterocycles. The number of carbonyl (C=O) groups excluding carboxylic acids is 2. The molecule has 0 aromatic carbocycles. The lowest BCUT2D eigenvalue weighted by Gasteiger charge is -2.40. The molecule has 0 saturated carbocycles. The summed E-state index contributed by atoms with van der Waals surface area (Å²) in [5.74, 6) is -0.347. The van der Waals surface area contributed by atoms with Gasteiger partial charge >= 0.3 is 12.1 Å². The molecule has 1 fully saturated rings.